The highest BCUT2D eigenvalue weighted by atomic mass is 32.1. The third-order valence-corrected chi connectivity index (χ3v) is 2.89. The van der Waals surface area contributed by atoms with Crippen molar-refractivity contribution in [3.63, 3.8) is 0 Å². The highest BCUT2D eigenvalue weighted by Crippen LogP contribution is 2.16. The average Bonchev–Trinajstić information content (AvgIpc) is 2.60. The van der Waals surface area contributed by atoms with Gasteiger partial charge in [0, 0.05) is 5.38 Å². The smallest absolute Gasteiger partial charge is 0.272 e. The largest absolute Gasteiger partial charge is 0.347 e. The maximum Gasteiger partial charge on any atom is 0.347 e. The van der Waals surface area contributed by atoms with E-state index in [9.17, 15) is 4.79 Å². The topological polar surface area (TPSA) is 53.6 Å². The molecule has 0 spiro atoms. The van der Waals surface area contributed by atoms with Gasteiger partial charge in [-0.25, -0.2) is 14.5 Å². The van der Waals surface area contributed by atoms with Gasteiger partial charge in [0.1, 0.15) is 0 Å². The molecule has 2 aromatic heterocycles. The molecule has 2 heterocycles. The summed E-state index contributed by atoms with van der Waals surface area (Å²) < 4.78 is 1.84. The molecule has 2 aromatic rings. The highest BCUT2D eigenvalue weighted by Gasteiger charge is 2.06. The zero-order valence-electron chi connectivity index (χ0n) is 6.83. The van der Waals surface area contributed by atoms with Crippen molar-refractivity contribution in [3.8, 4) is 5.69 Å². The first-order chi connectivity index (χ1) is 6.20. The molecular formula is C7H7N3OS2. The zero-order chi connectivity index (χ0) is 9.42. The van der Waals surface area contributed by atoms with Crippen LogP contribution in [0.5, 0.6) is 0 Å². The van der Waals surface area contributed by atoms with Gasteiger partial charge >= 0.3 is 5.69 Å². The Morgan fingerprint density at radius 2 is 2.23 bits per heavy atom. The van der Waals surface area contributed by atoms with Gasteiger partial charge in [0.25, 0.3) is 0 Å². The standard InChI is InChI=1S/C7H7N3OS2/c1-4-2-13-3-5(4)10-6(11)8-9-7(10)12/h2-3H,1H3,(H,8,11)(H,9,12). The van der Waals surface area contributed by atoms with E-state index in [1.165, 1.54) is 4.57 Å². The number of nitrogens with one attached hydrogen (secondary N) is 2. The number of rotatable bonds is 1. The maximum atomic E-state index is 11.3. The minimum atomic E-state index is -0.230. The van der Waals surface area contributed by atoms with Crippen molar-refractivity contribution in [3.05, 3.63) is 31.6 Å². The zero-order valence-corrected chi connectivity index (χ0v) is 8.46. The number of aromatic nitrogens is 3. The van der Waals surface area contributed by atoms with Gasteiger partial charge in [0.05, 0.1) is 5.69 Å². The van der Waals surface area contributed by atoms with Crippen LogP contribution in [-0.2, 0) is 0 Å². The van der Waals surface area contributed by atoms with Crippen molar-refractivity contribution in [2.45, 2.75) is 6.92 Å². The first kappa shape index (κ1) is 8.46. The summed E-state index contributed by atoms with van der Waals surface area (Å²) >= 11 is 6.51. The molecule has 0 atom stereocenters. The van der Waals surface area contributed by atoms with Crippen LogP contribution in [0.4, 0.5) is 0 Å². The molecule has 0 amide bonds. The SMILES string of the molecule is Cc1cscc1-n1c(=O)[nH][nH]c1=S. The summed E-state index contributed by atoms with van der Waals surface area (Å²) in [5.74, 6) is 0. The summed E-state index contributed by atoms with van der Waals surface area (Å²) in [5, 5.41) is 8.91. The van der Waals surface area contributed by atoms with Crippen LogP contribution in [0.15, 0.2) is 15.6 Å². The Balaban J connectivity index is 2.79. The van der Waals surface area contributed by atoms with E-state index in [4.69, 9.17) is 12.2 Å². The van der Waals surface area contributed by atoms with Crippen LogP contribution in [0.25, 0.3) is 5.69 Å². The Kier molecular flexibility index (Phi) is 1.93. The van der Waals surface area contributed by atoms with Gasteiger partial charge < -0.3 is 0 Å². The van der Waals surface area contributed by atoms with Crippen molar-refractivity contribution < 1.29 is 0 Å². The van der Waals surface area contributed by atoms with Crippen LogP contribution < -0.4 is 5.69 Å². The molecule has 13 heavy (non-hydrogen) atoms. The Labute approximate surface area is 82.8 Å². The fourth-order valence-corrected chi connectivity index (χ4v) is 2.16. The summed E-state index contributed by atoms with van der Waals surface area (Å²) in [6, 6.07) is 0. The third-order valence-electron chi connectivity index (χ3n) is 1.75. The first-order valence-corrected chi connectivity index (χ1v) is 4.98. The monoisotopic (exact) mass is 213 g/mol. The highest BCUT2D eigenvalue weighted by molar-refractivity contribution is 7.71. The van der Waals surface area contributed by atoms with E-state index in [0.717, 1.165) is 11.3 Å². The minimum Gasteiger partial charge on any atom is -0.272 e. The molecule has 0 aliphatic rings. The molecule has 0 saturated heterocycles. The lowest BCUT2D eigenvalue weighted by Gasteiger charge is -1.96. The summed E-state index contributed by atoms with van der Waals surface area (Å²) in [4.78, 5) is 11.3. The molecule has 2 rings (SSSR count). The lowest BCUT2D eigenvalue weighted by molar-refractivity contribution is 0.971. The van der Waals surface area contributed by atoms with Gasteiger partial charge in [-0.2, -0.15) is 0 Å². The number of nitrogens with zero attached hydrogens (tertiary/aromatic N) is 1. The van der Waals surface area contributed by atoms with Crippen LogP contribution in [0.3, 0.4) is 0 Å². The summed E-state index contributed by atoms with van der Waals surface area (Å²) in [7, 11) is 0. The predicted molar refractivity (Wildman–Crippen MR) is 54.2 cm³/mol. The molecular weight excluding hydrogens is 206 g/mol. The van der Waals surface area contributed by atoms with Crippen molar-refractivity contribution in [1.29, 1.82) is 0 Å². The van der Waals surface area contributed by atoms with Gasteiger partial charge in [-0.05, 0) is 30.1 Å². The third kappa shape index (κ3) is 1.27. The fraction of sp³-hybridized carbons (Fsp3) is 0.143. The molecule has 0 aliphatic heterocycles. The van der Waals surface area contributed by atoms with E-state index in [0.29, 0.717) is 4.77 Å². The number of thiophene rings is 1. The molecule has 0 radical (unpaired) electrons. The second-order valence-corrected chi connectivity index (χ2v) is 3.77. The van der Waals surface area contributed by atoms with E-state index in [2.05, 4.69) is 10.2 Å². The van der Waals surface area contributed by atoms with Crippen LogP contribution in [0, 0.1) is 11.7 Å². The molecule has 0 fully saturated rings. The quantitative estimate of drug-likeness (QED) is 0.707. The Hall–Kier alpha value is -1.14. The van der Waals surface area contributed by atoms with E-state index in [1.807, 2.05) is 17.7 Å². The van der Waals surface area contributed by atoms with Crippen molar-refractivity contribution in [2.75, 3.05) is 0 Å². The first-order valence-electron chi connectivity index (χ1n) is 3.63. The Morgan fingerprint density at radius 1 is 1.46 bits per heavy atom. The summed E-state index contributed by atoms with van der Waals surface area (Å²) in [6.07, 6.45) is 0. The van der Waals surface area contributed by atoms with Crippen molar-refractivity contribution in [2.24, 2.45) is 0 Å². The molecule has 4 nitrogen and oxygen atoms in total. The van der Waals surface area contributed by atoms with Crippen molar-refractivity contribution >= 4 is 23.6 Å². The van der Waals surface area contributed by atoms with Crippen LogP contribution in [-0.4, -0.2) is 14.8 Å². The second-order valence-electron chi connectivity index (χ2n) is 2.64. The predicted octanol–water partition coefficient (Wildman–Crippen LogP) is 1.59. The molecule has 6 heteroatoms. The van der Waals surface area contributed by atoms with Gasteiger partial charge in [-0.15, -0.1) is 11.3 Å². The van der Waals surface area contributed by atoms with Crippen LogP contribution in [0.1, 0.15) is 5.56 Å². The Bertz CT molecular complexity index is 503. The molecule has 0 aromatic carbocycles. The fourth-order valence-electron chi connectivity index (χ4n) is 1.11. The van der Waals surface area contributed by atoms with Crippen LogP contribution >= 0.6 is 23.6 Å². The summed E-state index contributed by atoms with van der Waals surface area (Å²) in [6.45, 7) is 1.94. The second kappa shape index (κ2) is 2.97. The minimum absolute atomic E-state index is 0.230. The number of H-pyrrole nitrogens is 2. The molecule has 68 valence electrons. The van der Waals surface area contributed by atoms with E-state index in [1.54, 1.807) is 11.3 Å². The summed E-state index contributed by atoms with van der Waals surface area (Å²) in [5.41, 5.74) is 1.66. The van der Waals surface area contributed by atoms with Crippen LogP contribution in [0.2, 0.25) is 0 Å². The molecule has 0 bridgehead atoms. The number of aromatic amines is 2. The van der Waals surface area contributed by atoms with E-state index >= 15 is 0 Å². The van der Waals surface area contributed by atoms with Crippen molar-refractivity contribution in [1.82, 2.24) is 14.8 Å². The number of hydrogen-bond donors (Lipinski definition) is 2. The normalized spacial score (nSPS) is 10.5. The average molecular weight is 213 g/mol. The molecule has 2 N–H and O–H groups in total. The molecule has 0 saturated carbocycles. The van der Waals surface area contributed by atoms with Gasteiger partial charge in [0.15, 0.2) is 0 Å². The maximum absolute atomic E-state index is 11.3. The van der Waals surface area contributed by atoms with Gasteiger partial charge in [-0.3, -0.25) is 5.10 Å². The Morgan fingerprint density at radius 3 is 2.69 bits per heavy atom. The van der Waals surface area contributed by atoms with E-state index in [-0.39, 0.29) is 5.69 Å². The molecule has 0 unspecified atom stereocenters. The van der Waals surface area contributed by atoms with E-state index < -0.39 is 0 Å². The van der Waals surface area contributed by atoms with Gasteiger partial charge in [0.2, 0.25) is 4.77 Å². The lowest BCUT2D eigenvalue weighted by atomic mass is 10.3. The number of aryl methyl sites for hydroxylation is 1. The number of hydrogen-bond acceptors (Lipinski definition) is 3. The molecule has 0 aliphatic carbocycles. The lowest BCUT2D eigenvalue weighted by Crippen LogP contribution is -2.14. The van der Waals surface area contributed by atoms with Gasteiger partial charge in [-0.1, -0.05) is 0 Å².